The van der Waals surface area contributed by atoms with Crippen molar-refractivity contribution in [3.05, 3.63) is 24.3 Å². The molecule has 24 heavy (non-hydrogen) atoms. The standard InChI is InChI=1S/C17H26N4O3/c1-3-24-15-6-4-14(5-7-15)19-16(22)12-20-8-10-21(11-9-20)17(23)13(2)18/h4-7,13H,3,8-12,18H2,1-2H3,(H,19,22). The van der Waals surface area contributed by atoms with Gasteiger partial charge < -0.3 is 20.7 Å². The lowest BCUT2D eigenvalue weighted by Gasteiger charge is -2.35. The number of hydrogen-bond donors (Lipinski definition) is 2. The third-order valence-corrected chi connectivity index (χ3v) is 3.89. The van der Waals surface area contributed by atoms with Gasteiger partial charge in [-0.2, -0.15) is 0 Å². The van der Waals surface area contributed by atoms with E-state index >= 15 is 0 Å². The summed E-state index contributed by atoms with van der Waals surface area (Å²) in [5.41, 5.74) is 6.36. The lowest BCUT2D eigenvalue weighted by molar-refractivity contribution is -0.134. The number of carbonyl (C=O) groups is 2. The molecule has 3 N–H and O–H groups in total. The maximum absolute atomic E-state index is 12.1. The first kappa shape index (κ1) is 18.2. The first-order chi connectivity index (χ1) is 11.5. The fourth-order valence-corrected chi connectivity index (χ4v) is 2.62. The van der Waals surface area contributed by atoms with E-state index in [0.29, 0.717) is 39.3 Å². The summed E-state index contributed by atoms with van der Waals surface area (Å²) >= 11 is 0. The number of benzene rings is 1. The van der Waals surface area contributed by atoms with Crippen LogP contribution in [0.1, 0.15) is 13.8 Å². The Labute approximate surface area is 142 Å². The first-order valence-corrected chi connectivity index (χ1v) is 8.29. The molecule has 2 amide bonds. The van der Waals surface area contributed by atoms with Crippen molar-refractivity contribution in [2.45, 2.75) is 19.9 Å². The maximum Gasteiger partial charge on any atom is 0.239 e. The Bertz CT molecular complexity index is 551. The second-order valence-corrected chi connectivity index (χ2v) is 5.90. The van der Waals surface area contributed by atoms with E-state index in [9.17, 15) is 9.59 Å². The number of nitrogens with two attached hydrogens (primary N) is 1. The predicted octanol–water partition coefficient (Wildman–Crippen LogP) is 0.515. The lowest BCUT2D eigenvalue weighted by atomic mass is 10.2. The van der Waals surface area contributed by atoms with Gasteiger partial charge in [0.2, 0.25) is 11.8 Å². The van der Waals surface area contributed by atoms with E-state index in [1.807, 2.05) is 36.1 Å². The molecular weight excluding hydrogens is 308 g/mol. The highest BCUT2D eigenvalue weighted by Gasteiger charge is 2.24. The van der Waals surface area contributed by atoms with E-state index in [1.54, 1.807) is 11.8 Å². The van der Waals surface area contributed by atoms with Crippen LogP contribution in [0, 0.1) is 0 Å². The third-order valence-electron chi connectivity index (χ3n) is 3.89. The van der Waals surface area contributed by atoms with Crippen LogP contribution >= 0.6 is 0 Å². The summed E-state index contributed by atoms with van der Waals surface area (Å²) in [7, 11) is 0. The second kappa shape index (κ2) is 8.65. The highest BCUT2D eigenvalue weighted by Crippen LogP contribution is 2.15. The molecule has 0 spiro atoms. The quantitative estimate of drug-likeness (QED) is 0.792. The van der Waals surface area contributed by atoms with E-state index in [-0.39, 0.29) is 11.8 Å². The minimum atomic E-state index is -0.473. The van der Waals surface area contributed by atoms with Gasteiger partial charge in [-0.3, -0.25) is 14.5 Å². The predicted molar refractivity (Wildman–Crippen MR) is 92.9 cm³/mol. The molecule has 0 radical (unpaired) electrons. The third kappa shape index (κ3) is 5.21. The molecule has 1 aliphatic rings. The Morgan fingerprint density at radius 3 is 2.38 bits per heavy atom. The average molecular weight is 334 g/mol. The van der Waals surface area contributed by atoms with Crippen molar-refractivity contribution in [1.29, 1.82) is 0 Å². The molecule has 1 fully saturated rings. The van der Waals surface area contributed by atoms with Gasteiger partial charge >= 0.3 is 0 Å². The zero-order chi connectivity index (χ0) is 17.5. The van der Waals surface area contributed by atoms with Gasteiger partial charge in [0.15, 0.2) is 0 Å². The van der Waals surface area contributed by atoms with Gasteiger partial charge in [0.1, 0.15) is 5.75 Å². The molecule has 132 valence electrons. The molecule has 7 nitrogen and oxygen atoms in total. The molecule has 1 aliphatic heterocycles. The molecule has 0 aliphatic carbocycles. The highest BCUT2D eigenvalue weighted by atomic mass is 16.5. The van der Waals surface area contributed by atoms with Crippen LogP contribution in [-0.2, 0) is 9.59 Å². The minimum Gasteiger partial charge on any atom is -0.494 e. The van der Waals surface area contributed by atoms with Crippen LogP contribution in [-0.4, -0.2) is 67.0 Å². The van der Waals surface area contributed by atoms with Gasteiger partial charge in [0.25, 0.3) is 0 Å². The molecule has 1 unspecified atom stereocenters. The molecule has 1 atom stereocenters. The fourth-order valence-electron chi connectivity index (χ4n) is 2.62. The second-order valence-electron chi connectivity index (χ2n) is 5.90. The number of anilines is 1. The molecule has 1 aromatic carbocycles. The Hall–Kier alpha value is -2.12. The zero-order valence-electron chi connectivity index (χ0n) is 14.3. The SMILES string of the molecule is CCOc1ccc(NC(=O)CN2CCN(C(=O)C(C)N)CC2)cc1. The van der Waals surface area contributed by atoms with Crippen LogP contribution in [0.3, 0.4) is 0 Å². The van der Waals surface area contributed by atoms with Crippen molar-refractivity contribution in [3.63, 3.8) is 0 Å². The van der Waals surface area contributed by atoms with Crippen LogP contribution in [0.2, 0.25) is 0 Å². The van der Waals surface area contributed by atoms with Crippen molar-refractivity contribution in [1.82, 2.24) is 9.80 Å². The van der Waals surface area contributed by atoms with Gasteiger partial charge in [-0.15, -0.1) is 0 Å². The average Bonchev–Trinajstić information content (AvgIpc) is 2.57. The Kier molecular flexibility index (Phi) is 6.57. The summed E-state index contributed by atoms with van der Waals surface area (Å²) in [4.78, 5) is 27.8. The topological polar surface area (TPSA) is 87.9 Å². The van der Waals surface area contributed by atoms with Gasteiger partial charge in [-0.25, -0.2) is 0 Å². The van der Waals surface area contributed by atoms with Crippen LogP contribution in [0.25, 0.3) is 0 Å². The Morgan fingerprint density at radius 1 is 1.21 bits per heavy atom. The normalized spacial score (nSPS) is 16.5. The molecule has 0 bridgehead atoms. The lowest BCUT2D eigenvalue weighted by Crippen LogP contribution is -2.53. The number of piperazine rings is 1. The van der Waals surface area contributed by atoms with E-state index in [0.717, 1.165) is 11.4 Å². The molecule has 0 aromatic heterocycles. The summed E-state index contributed by atoms with van der Waals surface area (Å²) in [5.74, 6) is 0.685. The summed E-state index contributed by atoms with van der Waals surface area (Å²) in [6, 6.07) is 6.83. The van der Waals surface area contributed by atoms with Crippen molar-refractivity contribution >= 4 is 17.5 Å². The maximum atomic E-state index is 12.1. The highest BCUT2D eigenvalue weighted by molar-refractivity contribution is 5.92. The molecule has 7 heteroatoms. The van der Waals surface area contributed by atoms with Crippen molar-refractivity contribution < 1.29 is 14.3 Å². The van der Waals surface area contributed by atoms with Gasteiger partial charge in [0, 0.05) is 31.9 Å². The van der Waals surface area contributed by atoms with Crippen LogP contribution in [0.4, 0.5) is 5.69 Å². The molecule has 1 heterocycles. The number of rotatable bonds is 6. The number of carbonyl (C=O) groups excluding carboxylic acids is 2. The number of amides is 2. The molecule has 1 saturated heterocycles. The number of nitrogens with zero attached hydrogens (tertiary/aromatic N) is 2. The minimum absolute atomic E-state index is 0.0338. The zero-order valence-corrected chi connectivity index (χ0v) is 14.3. The smallest absolute Gasteiger partial charge is 0.239 e. The molecule has 0 saturated carbocycles. The molecule has 2 rings (SSSR count). The molecule has 1 aromatic rings. The van der Waals surface area contributed by atoms with Gasteiger partial charge in [-0.1, -0.05) is 0 Å². The van der Waals surface area contributed by atoms with Crippen molar-refractivity contribution in [2.75, 3.05) is 44.6 Å². The monoisotopic (exact) mass is 334 g/mol. The summed E-state index contributed by atoms with van der Waals surface area (Å²) < 4.78 is 5.37. The van der Waals surface area contributed by atoms with Gasteiger partial charge in [0.05, 0.1) is 19.2 Å². The summed E-state index contributed by atoms with van der Waals surface area (Å²) in [5, 5.41) is 2.87. The van der Waals surface area contributed by atoms with Crippen LogP contribution in [0.15, 0.2) is 24.3 Å². The van der Waals surface area contributed by atoms with E-state index in [4.69, 9.17) is 10.5 Å². The van der Waals surface area contributed by atoms with E-state index < -0.39 is 6.04 Å². The first-order valence-electron chi connectivity index (χ1n) is 8.29. The summed E-state index contributed by atoms with van der Waals surface area (Å²) in [6.07, 6.45) is 0. The fraction of sp³-hybridized carbons (Fsp3) is 0.529. The van der Waals surface area contributed by atoms with Gasteiger partial charge in [-0.05, 0) is 38.1 Å². The Morgan fingerprint density at radius 2 is 1.83 bits per heavy atom. The molecular formula is C17H26N4O3. The van der Waals surface area contributed by atoms with E-state index in [1.165, 1.54) is 0 Å². The largest absolute Gasteiger partial charge is 0.494 e. The van der Waals surface area contributed by atoms with Crippen molar-refractivity contribution in [3.8, 4) is 5.75 Å². The van der Waals surface area contributed by atoms with E-state index in [2.05, 4.69) is 5.32 Å². The number of hydrogen-bond acceptors (Lipinski definition) is 5. The van der Waals surface area contributed by atoms with Crippen molar-refractivity contribution in [2.24, 2.45) is 5.73 Å². The summed E-state index contributed by atoms with van der Waals surface area (Å²) in [6.45, 7) is 7.12. The Balaban J connectivity index is 1.76. The number of nitrogens with one attached hydrogen (secondary N) is 1. The van der Waals surface area contributed by atoms with Crippen LogP contribution < -0.4 is 15.8 Å². The number of ether oxygens (including phenoxy) is 1. The van der Waals surface area contributed by atoms with Crippen LogP contribution in [0.5, 0.6) is 5.75 Å².